The smallest absolute Gasteiger partial charge is 0.163 e. The maximum atomic E-state index is 12.6. The van der Waals surface area contributed by atoms with Crippen molar-refractivity contribution < 1.29 is 4.79 Å². The summed E-state index contributed by atoms with van der Waals surface area (Å²) in [6.45, 7) is 0. The van der Waals surface area contributed by atoms with E-state index in [0.717, 1.165) is 33.9 Å². The molecular formula is C21H20N6O. The lowest BCUT2D eigenvalue weighted by molar-refractivity contribution is -0.117. The molecule has 0 aliphatic heterocycles. The van der Waals surface area contributed by atoms with Crippen molar-refractivity contribution in [1.29, 1.82) is 0 Å². The molecule has 0 saturated heterocycles. The summed E-state index contributed by atoms with van der Waals surface area (Å²) in [4.78, 5) is 12.6. The molecule has 4 rings (SSSR count). The summed E-state index contributed by atoms with van der Waals surface area (Å²) < 4.78 is 3.72. The first-order valence-corrected chi connectivity index (χ1v) is 8.98. The fourth-order valence-corrected chi connectivity index (χ4v) is 3.25. The van der Waals surface area contributed by atoms with Gasteiger partial charge >= 0.3 is 0 Å². The van der Waals surface area contributed by atoms with E-state index in [4.69, 9.17) is 0 Å². The molecule has 0 aliphatic rings. The minimum absolute atomic E-state index is 0.158. The van der Waals surface area contributed by atoms with Crippen molar-refractivity contribution in [2.75, 3.05) is 0 Å². The van der Waals surface area contributed by atoms with Crippen molar-refractivity contribution in [3.05, 3.63) is 72.3 Å². The van der Waals surface area contributed by atoms with Crippen molar-refractivity contribution in [2.24, 2.45) is 14.1 Å². The average Bonchev–Trinajstić information content (AvgIpc) is 3.30. The Balaban J connectivity index is 1.48. The fraction of sp³-hybridized carbons (Fsp3) is 0.190. The second-order valence-electron chi connectivity index (χ2n) is 6.82. The summed E-state index contributed by atoms with van der Waals surface area (Å²) in [7, 11) is 3.80. The van der Waals surface area contributed by atoms with Crippen molar-refractivity contribution in [2.45, 2.75) is 12.8 Å². The number of rotatable bonds is 6. The lowest BCUT2D eigenvalue weighted by Gasteiger charge is -2.07. The number of carbonyl (C=O) groups excluding carboxylic acids is 1. The normalized spacial score (nSPS) is 10.9. The Morgan fingerprint density at radius 2 is 1.25 bits per heavy atom. The third-order valence-corrected chi connectivity index (χ3v) is 4.60. The molecule has 4 aromatic rings. The molecule has 0 N–H and O–H groups in total. The average molecular weight is 372 g/mol. The molecule has 7 heteroatoms. The van der Waals surface area contributed by atoms with E-state index in [1.165, 1.54) is 0 Å². The molecule has 7 nitrogen and oxygen atoms in total. The van der Waals surface area contributed by atoms with Gasteiger partial charge in [-0.1, -0.05) is 36.4 Å². The molecule has 0 aliphatic carbocycles. The van der Waals surface area contributed by atoms with Gasteiger partial charge in [0, 0.05) is 38.1 Å². The molecule has 0 unspecified atom stereocenters. The van der Waals surface area contributed by atoms with E-state index in [0.29, 0.717) is 12.8 Å². The number of Topliss-reactive ketones (excluding diaryl/α,β-unsaturated/α-hetero) is 1. The number of ketones is 1. The number of aryl methyl sites for hydroxylation is 2. The van der Waals surface area contributed by atoms with Crippen LogP contribution >= 0.6 is 0 Å². The highest BCUT2D eigenvalue weighted by atomic mass is 16.1. The van der Waals surface area contributed by atoms with Crippen LogP contribution in [0.5, 0.6) is 0 Å². The van der Waals surface area contributed by atoms with Crippen LogP contribution in [0.3, 0.4) is 0 Å². The molecule has 0 fully saturated rings. The van der Waals surface area contributed by atoms with Crippen molar-refractivity contribution in [1.82, 2.24) is 29.5 Å². The van der Waals surface area contributed by atoms with Crippen LogP contribution in [-0.4, -0.2) is 35.3 Å². The summed E-state index contributed by atoms with van der Waals surface area (Å²) in [5.74, 6) is 1.72. The first-order valence-electron chi connectivity index (χ1n) is 8.98. The van der Waals surface area contributed by atoms with Gasteiger partial charge < -0.3 is 9.13 Å². The number of aromatic nitrogens is 6. The largest absolute Gasteiger partial charge is 0.317 e. The summed E-state index contributed by atoms with van der Waals surface area (Å²) in [6.07, 6.45) is 4.08. The van der Waals surface area contributed by atoms with Gasteiger partial charge in [0.05, 0.1) is 0 Å². The van der Waals surface area contributed by atoms with E-state index in [1.54, 1.807) is 12.7 Å². The zero-order valence-electron chi connectivity index (χ0n) is 15.8. The van der Waals surface area contributed by atoms with Gasteiger partial charge in [-0.2, -0.15) is 0 Å². The highest BCUT2D eigenvalue weighted by Crippen LogP contribution is 2.20. The molecule has 2 aromatic carbocycles. The maximum absolute atomic E-state index is 12.6. The quantitative estimate of drug-likeness (QED) is 0.520. The lowest BCUT2D eigenvalue weighted by atomic mass is 10.00. The first-order chi connectivity index (χ1) is 13.6. The van der Waals surface area contributed by atoms with Gasteiger partial charge in [-0.15, -0.1) is 20.4 Å². The van der Waals surface area contributed by atoms with Gasteiger partial charge in [0.2, 0.25) is 0 Å². The van der Waals surface area contributed by atoms with Crippen molar-refractivity contribution in [3.8, 4) is 22.8 Å². The van der Waals surface area contributed by atoms with Gasteiger partial charge in [-0.25, -0.2) is 0 Å². The Kier molecular flexibility index (Phi) is 4.80. The summed E-state index contributed by atoms with van der Waals surface area (Å²) in [5.41, 5.74) is 3.84. The van der Waals surface area contributed by atoms with E-state index in [2.05, 4.69) is 20.4 Å². The highest BCUT2D eigenvalue weighted by Gasteiger charge is 2.11. The summed E-state index contributed by atoms with van der Waals surface area (Å²) >= 11 is 0. The number of hydrogen-bond donors (Lipinski definition) is 0. The SMILES string of the molecule is Cn1cnnc1-c1cccc(CC(=O)Cc2cccc(-c3nncn3C)c2)c1. The minimum atomic E-state index is 0.158. The molecule has 0 atom stereocenters. The van der Waals surface area contributed by atoms with E-state index >= 15 is 0 Å². The minimum Gasteiger partial charge on any atom is -0.317 e. The van der Waals surface area contributed by atoms with E-state index in [-0.39, 0.29) is 5.78 Å². The Bertz CT molecular complexity index is 1040. The Labute approximate surface area is 162 Å². The van der Waals surface area contributed by atoms with Crippen LogP contribution in [0.25, 0.3) is 22.8 Å². The monoisotopic (exact) mass is 372 g/mol. The molecule has 0 spiro atoms. The second-order valence-corrected chi connectivity index (χ2v) is 6.82. The Morgan fingerprint density at radius 3 is 1.64 bits per heavy atom. The number of hydrogen-bond acceptors (Lipinski definition) is 5. The fourth-order valence-electron chi connectivity index (χ4n) is 3.25. The van der Waals surface area contributed by atoms with Crippen LogP contribution in [0.2, 0.25) is 0 Å². The maximum Gasteiger partial charge on any atom is 0.163 e. The van der Waals surface area contributed by atoms with Crippen molar-refractivity contribution in [3.63, 3.8) is 0 Å². The van der Waals surface area contributed by atoms with Crippen LogP contribution in [0.4, 0.5) is 0 Å². The Hall–Kier alpha value is -3.61. The number of benzene rings is 2. The molecule has 0 amide bonds. The van der Waals surface area contributed by atoms with Crippen LogP contribution in [-0.2, 0) is 31.7 Å². The van der Waals surface area contributed by atoms with Gasteiger partial charge in [0.1, 0.15) is 18.4 Å². The molecule has 28 heavy (non-hydrogen) atoms. The molecule has 2 aromatic heterocycles. The van der Waals surface area contributed by atoms with Gasteiger partial charge in [-0.05, 0) is 23.3 Å². The standard InChI is InChI=1S/C21H20N6O/c1-26-13-22-24-20(26)17-7-3-5-15(9-17)11-19(28)12-16-6-4-8-18(10-16)21-25-23-14-27(21)2/h3-10,13-14H,11-12H2,1-2H3. The molecule has 0 radical (unpaired) electrons. The molecular weight excluding hydrogens is 352 g/mol. The molecule has 2 heterocycles. The van der Waals surface area contributed by atoms with Crippen molar-refractivity contribution >= 4 is 5.78 Å². The number of carbonyl (C=O) groups is 1. The summed E-state index contributed by atoms with van der Waals surface area (Å²) in [5, 5.41) is 16.1. The van der Waals surface area contributed by atoms with Gasteiger partial charge in [0.25, 0.3) is 0 Å². The predicted octanol–water partition coefficient (Wildman–Crippen LogP) is 2.63. The number of nitrogens with zero attached hydrogens (tertiary/aromatic N) is 6. The van der Waals surface area contributed by atoms with Crippen LogP contribution in [0.15, 0.2) is 61.2 Å². The third kappa shape index (κ3) is 3.73. The first kappa shape index (κ1) is 17.8. The van der Waals surface area contributed by atoms with E-state index in [9.17, 15) is 4.79 Å². The second kappa shape index (κ2) is 7.56. The van der Waals surface area contributed by atoms with E-state index in [1.807, 2.05) is 71.8 Å². The zero-order valence-corrected chi connectivity index (χ0v) is 15.8. The van der Waals surface area contributed by atoms with Crippen LogP contribution < -0.4 is 0 Å². The lowest BCUT2D eigenvalue weighted by Crippen LogP contribution is -2.07. The zero-order chi connectivity index (χ0) is 19.5. The highest BCUT2D eigenvalue weighted by molar-refractivity contribution is 5.83. The Morgan fingerprint density at radius 1 is 0.786 bits per heavy atom. The van der Waals surface area contributed by atoms with Gasteiger partial charge in [-0.3, -0.25) is 4.79 Å². The van der Waals surface area contributed by atoms with Gasteiger partial charge in [0.15, 0.2) is 11.6 Å². The topological polar surface area (TPSA) is 78.5 Å². The van der Waals surface area contributed by atoms with Crippen LogP contribution in [0.1, 0.15) is 11.1 Å². The molecule has 140 valence electrons. The molecule has 0 bridgehead atoms. The molecule has 0 saturated carbocycles. The van der Waals surface area contributed by atoms with E-state index < -0.39 is 0 Å². The summed E-state index contributed by atoms with van der Waals surface area (Å²) in [6, 6.07) is 15.8. The van der Waals surface area contributed by atoms with Crippen LogP contribution in [0, 0.1) is 0 Å². The third-order valence-electron chi connectivity index (χ3n) is 4.60. The predicted molar refractivity (Wildman–Crippen MR) is 105 cm³/mol.